The summed E-state index contributed by atoms with van der Waals surface area (Å²) in [7, 11) is 1.61. The molecule has 1 atom stereocenters. The first kappa shape index (κ1) is 18.7. The first-order valence-electron chi connectivity index (χ1n) is 8.95. The summed E-state index contributed by atoms with van der Waals surface area (Å²) in [6.07, 6.45) is 2.97. The average Bonchev–Trinajstić information content (AvgIpc) is 3.34. The number of aliphatic carboxylic acids is 1. The number of hydrogen-bond donors (Lipinski definition) is 1. The van der Waals surface area contributed by atoms with Crippen molar-refractivity contribution in [2.75, 3.05) is 33.4 Å². The van der Waals surface area contributed by atoms with Crippen LogP contribution in [0, 0.1) is 0 Å². The van der Waals surface area contributed by atoms with Crippen molar-refractivity contribution in [3.05, 3.63) is 46.2 Å². The Labute approximate surface area is 158 Å². The van der Waals surface area contributed by atoms with Crippen LogP contribution in [0.5, 0.6) is 11.5 Å². The molecule has 1 aromatic heterocycles. The van der Waals surface area contributed by atoms with Gasteiger partial charge in [-0.15, -0.1) is 11.3 Å². The lowest BCUT2D eigenvalue weighted by atomic mass is 9.97. The first-order chi connectivity index (χ1) is 12.7. The van der Waals surface area contributed by atoms with E-state index in [1.54, 1.807) is 7.11 Å². The molecular formula is C20H25NO4S. The maximum Gasteiger partial charge on any atom is 0.312 e. The Kier molecular flexibility index (Phi) is 6.52. The fourth-order valence-corrected chi connectivity index (χ4v) is 4.10. The third-order valence-corrected chi connectivity index (χ3v) is 5.70. The summed E-state index contributed by atoms with van der Waals surface area (Å²) in [5, 5.41) is 11.5. The van der Waals surface area contributed by atoms with Crippen molar-refractivity contribution in [2.45, 2.75) is 25.2 Å². The summed E-state index contributed by atoms with van der Waals surface area (Å²) >= 11 is 1.47. The summed E-state index contributed by atoms with van der Waals surface area (Å²) in [4.78, 5) is 14.9. The van der Waals surface area contributed by atoms with Gasteiger partial charge in [0.25, 0.3) is 0 Å². The number of likely N-dealkylation sites (tertiary alicyclic amines) is 1. The molecule has 0 bridgehead atoms. The number of carboxylic acids is 1. The third kappa shape index (κ3) is 4.77. The molecule has 1 unspecified atom stereocenters. The molecule has 0 saturated carbocycles. The van der Waals surface area contributed by atoms with Gasteiger partial charge in [0.1, 0.15) is 6.61 Å². The quantitative estimate of drug-likeness (QED) is 0.725. The fraction of sp³-hybridized carbons (Fsp3) is 0.450. The Morgan fingerprint density at radius 2 is 2.08 bits per heavy atom. The third-order valence-electron chi connectivity index (χ3n) is 4.72. The zero-order chi connectivity index (χ0) is 18.4. The largest absolute Gasteiger partial charge is 0.493 e. The minimum Gasteiger partial charge on any atom is -0.493 e. The van der Waals surface area contributed by atoms with Crippen molar-refractivity contribution < 1.29 is 19.4 Å². The van der Waals surface area contributed by atoms with Crippen molar-refractivity contribution in [3.8, 4) is 11.5 Å². The van der Waals surface area contributed by atoms with Crippen LogP contribution in [0.2, 0.25) is 0 Å². The minimum absolute atomic E-state index is 0.431. The molecule has 1 saturated heterocycles. The Balaban J connectivity index is 1.64. The van der Waals surface area contributed by atoms with Crippen LogP contribution in [-0.2, 0) is 11.2 Å². The van der Waals surface area contributed by atoms with E-state index in [9.17, 15) is 9.90 Å². The number of rotatable bonds is 9. The van der Waals surface area contributed by atoms with Gasteiger partial charge in [0.2, 0.25) is 0 Å². The van der Waals surface area contributed by atoms with E-state index in [-0.39, 0.29) is 0 Å². The number of carbonyl (C=O) groups is 1. The van der Waals surface area contributed by atoms with Crippen molar-refractivity contribution in [3.63, 3.8) is 0 Å². The number of ether oxygens (including phenoxy) is 2. The summed E-state index contributed by atoms with van der Waals surface area (Å²) in [5.74, 6) is 0.0108. The lowest BCUT2D eigenvalue weighted by Gasteiger charge is -2.17. The molecule has 1 fully saturated rings. The van der Waals surface area contributed by atoms with Gasteiger partial charge in [0, 0.05) is 11.4 Å². The van der Waals surface area contributed by atoms with E-state index < -0.39 is 11.9 Å². The number of thiophene rings is 1. The summed E-state index contributed by atoms with van der Waals surface area (Å²) < 4.78 is 11.3. The molecule has 140 valence electrons. The zero-order valence-corrected chi connectivity index (χ0v) is 15.8. The van der Waals surface area contributed by atoms with Crippen LogP contribution in [-0.4, -0.2) is 49.3 Å². The van der Waals surface area contributed by atoms with Gasteiger partial charge in [-0.1, -0.05) is 12.1 Å². The predicted octanol–water partition coefficient (Wildman–Crippen LogP) is 3.64. The number of nitrogens with zero attached hydrogens (tertiary/aromatic N) is 1. The normalized spacial score (nSPS) is 15.7. The number of methoxy groups -OCH3 is 1. The second-order valence-electron chi connectivity index (χ2n) is 6.49. The van der Waals surface area contributed by atoms with Crippen LogP contribution in [0.25, 0.3) is 0 Å². The lowest BCUT2D eigenvalue weighted by Crippen LogP contribution is -2.25. The van der Waals surface area contributed by atoms with Gasteiger partial charge < -0.3 is 14.6 Å². The van der Waals surface area contributed by atoms with E-state index in [1.165, 1.54) is 24.2 Å². The molecule has 5 nitrogen and oxygen atoms in total. The van der Waals surface area contributed by atoms with Gasteiger partial charge in [0.15, 0.2) is 11.5 Å². The van der Waals surface area contributed by atoms with Gasteiger partial charge in [-0.25, -0.2) is 0 Å². The fourth-order valence-electron chi connectivity index (χ4n) is 3.28. The SMILES string of the molecule is COc1cc(CC(C(=O)O)c2cccs2)ccc1OCCN1CCCC1. The van der Waals surface area contributed by atoms with Crippen LogP contribution < -0.4 is 9.47 Å². The highest BCUT2D eigenvalue weighted by atomic mass is 32.1. The van der Waals surface area contributed by atoms with Crippen molar-refractivity contribution >= 4 is 17.3 Å². The van der Waals surface area contributed by atoms with Gasteiger partial charge in [0.05, 0.1) is 13.0 Å². The monoisotopic (exact) mass is 375 g/mol. The minimum atomic E-state index is -0.808. The maximum atomic E-state index is 11.6. The van der Waals surface area contributed by atoms with E-state index >= 15 is 0 Å². The Hall–Kier alpha value is -2.05. The molecule has 1 aliphatic rings. The van der Waals surface area contributed by atoms with Crippen molar-refractivity contribution in [1.82, 2.24) is 4.90 Å². The summed E-state index contributed by atoms with van der Waals surface area (Å²) in [5.41, 5.74) is 0.926. The molecule has 0 spiro atoms. The molecular weight excluding hydrogens is 350 g/mol. The molecule has 6 heteroatoms. The van der Waals surface area contributed by atoms with Crippen LogP contribution in [0.15, 0.2) is 35.7 Å². The van der Waals surface area contributed by atoms with Gasteiger partial charge in [-0.2, -0.15) is 0 Å². The van der Waals surface area contributed by atoms with E-state index in [2.05, 4.69) is 4.90 Å². The first-order valence-corrected chi connectivity index (χ1v) is 9.83. The molecule has 1 aromatic carbocycles. The average molecular weight is 375 g/mol. The van der Waals surface area contributed by atoms with E-state index in [0.717, 1.165) is 30.1 Å². The topological polar surface area (TPSA) is 59.0 Å². The predicted molar refractivity (Wildman–Crippen MR) is 103 cm³/mol. The summed E-state index contributed by atoms with van der Waals surface area (Å²) in [6.45, 7) is 3.85. The molecule has 0 radical (unpaired) electrons. The van der Waals surface area contributed by atoms with Gasteiger partial charge in [-0.05, 0) is 61.5 Å². The Morgan fingerprint density at radius 3 is 2.73 bits per heavy atom. The van der Waals surface area contributed by atoms with Crippen LogP contribution in [0.3, 0.4) is 0 Å². The number of hydrogen-bond acceptors (Lipinski definition) is 5. The standard InChI is InChI=1S/C20H25NO4S/c1-24-18-14-15(13-16(20(22)23)19-5-4-12-26-19)6-7-17(18)25-11-10-21-8-2-3-9-21/h4-7,12,14,16H,2-3,8-11,13H2,1H3,(H,22,23). The molecule has 2 aromatic rings. The molecule has 0 aliphatic carbocycles. The van der Waals surface area contributed by atoms with Crippen LogP contribution in [0.4, 0.5) is 0 Å². The molecule has 26 heavy (non-hydrogen) atoms. The number of carboxylic acid groups (broad SMARTS) is 1. The maximum absolute atomic E-state index is 11.6. The summed E-state index contributed by atoms with van der Waals surface area (Å²) in [6, 6.07) is 9.45. The Bertz CT molecular complexity index is 711. The molecule has 1 aliphatic heterocycles. The van der Waals surface area contributed by atoms with Gasteiger partial charge in [-0.3, -0.25) is 9.69 Å². The van der Waals surface area contributed by atoms with E-state index in [1.807, 2.05) is 35.7 Å². The smallest absolute Gasteiger partial charge is 0.312 e. The molecule has 3 rings (SSSR count). The second kappa shape index (κ2) is 9.05. The highest BCUT2D eigenvalue weighted by molar-refractivity contribution is 7.10. The molecule has 1 N–H and O–H groups in total. The Morgan fingerprint density at radius 1 is 1.27 bits per heavy atom. The van der Waals surface area contributed by atoms with E-state index in [0.29, 0.717) is 24.5 Å². The lowest BCUT2D eigenvalue weighted by molar-refractivity contribution is -0.138. The number of benzene rings is 1. The van der Waals surface area contributed by atoms with E-state index in [4.69, 9.17) is 9.47 Å². The van der Waals surface area contributed by atoms with Crippen molar-refractivity contribution in [1.29, 1.82) is 0 Å². The van der Waals surface area contributed by atoms with Crippen molar-refractivity contribution in [2.24, 2.45) is 0 Å². The highest BCUT2D eigenvalue weighted by Crippen LogP contribution is 2.31. The molecule has 2 heterocycles. The zero-order valence-electron chi connectivity index (χ0n) is 15.0. The second-order valence-corrected chi connectivity index (χ2v) is 7.47. The highest BCUT2D eigenvalue weighted by Gasteiger charge is 2.22. The molecule has 0 amide bonds. The van der Waals surface area contributed by atoms with Gasteiger partial charge >= 0.3 is 5.97 Å². The van der Waals surface area contributed by atoms with Crippen LogP contribution >= 0.6 is 11.3 Å². The van der Waals surface area contributed by atoms with Crippen LogP contribution in [0.1, 0.15) is 29.2 Å².